The van der Waals surface area contributed by atoms with Crippen LogP contribution >= 0.6 is 11.3 Å². The number of hydrogen-bond donors (Lipinski definition) is 1. The number of carboxylic acids is 1. The molecule has 5 heteroatoms. The molecule has 1 N–H and O–H groups in total. The summed E-state index contributed by atoms with van der Waals surface area (Å²) < 4.78 is 2.04. The van der Waals surface area contributed by atoms with Crippen LogP contribution in [0.4, 0.5) is 0 Å². The number of carboxylic acid groups (broad SMARTS) is 1. The fourth-order valence-corrected chi connectivity index (χ4v) is 5.24. The number of nitrogens with zero attached hydrogens (tertiary/aromatic N) is 2. The third-order valence-corrected chi connectivity index (χ3v) is 5.81. The molecule has 2 aromatic rings. The molecule has 0 atom stereocenters. The van der Waals surface area contributed by atoms with Gasteiger partial charge in [-0.1, -0.05) is 34.3 Å². The van der Waals surface area contributed by atoms with Crippen molar-refractivity contribution in [3.8, 4) is 0 Å². The van der Waals surface area contributed by atoms with Gasteiger partial charge < -0.3 is 5.11 Å². The lowest BCUT2D eigenvalue weighted by Crippen LogP contribution is -2.34. The summed E-state index contributed by atoms with van der Waals surface area (Å²) in [6, 6.07) is 0. The first-order valence-electron chi connectivity index (χ1n) is 7.47. The first-order chi connectivity index (χ1) is 10.0. The van der Waals surface area contributed by atoms with Gasteiger partial charge in [-0.25, -0.2) is 9.78 Å². The van der Waals surface area contributed by atoms with E-state index in [1.54, 1.807) is 11.3 Å². The Labute approximate surface area is 134 Å². The van der Waals surface area contributed by atoms with Gasteiger partial charge in [0.25, 0.3) is 0 Å². The maximum absolute atomic E-state index is 11.5. The number of thiazole rings is 1. The molecule has 0 radical (unpaired) electrons. The maximum Gasteiger partial charge on any atom is 0.356 e. The van der Waals surface area contributed by atoms with Crippen molar-refractivity contribution in [1.29, 1.82) is 0 Å². The second-order valence-corrected chi connectivity index (χ2v) is 8.77. The van der Waals surface area contributed by atoms with Crippen LogP contribution in [-0.2, 0) is 11.8 Å². The molecule has 1 aliphatic rings. The van der Waals surface area contributed by atoms with E-state index in [1.165, 1.54) is 10.6 Å². The molecule has 22 heavy (non-hydrogen) atoms. The van der Waals surface area contributed by atoms with Crippen molar-refractivity contribution < 1.29 is 9.90 Å². The van der Waals surface area contributed by atoms with Gasteiger partial charge in [0.05, 0.1) is 5.69 Å². The number of aromatic carboxylic acids is 1. The predicted molar refractivity (Wildman–Crippen MR) is 89.9 cm³/mol. The normalized spacial score (nSPS) is 19.1. The van der Waals surface area contributed by atoms with E-state index in [1.807, 2.05) is 11.3 Å². The summed E-state index contributed by atoms with van der Waals surface area (Å²) in [5.74, 6) is -0.989. The molecule has 118 valence electrons. The summed E-state index contributed by atoms with van der Waals surface area (Å²) >= 11 is 1.62. The smallest absolute Gasteiger partial charge is 0.356 e. The summed E-state index contributed by atoms with van der Waals surface area (Å²) in [5, 5.41) is 9.43. The Balaban J connectivity index is 2.38. The van der Waals surface area contributed by atoms with Crippen molar-refractivity contribution in [2.45, 2.75) is 52.9 Å². The van der Waals surface area contributed by atoms with Crippen LogP contribution in [0, 0.1) is 5.41 Å². The molecule has 1 aliphatic carbocycles. The van der Waals surface area contributed by atoms with Crippen LogP contribution in [0.5, 0.6) is 0 Å². The van der Waals surface area contributed by atoms with Crippen LogP contribution in [-0.4, -0.2) is 20.5 Å². The average Bonchev–Trinajstić information content (AvgIpc) is 2.83. The Kier molecular flexibility index (Phi) is 3.09. The lowest BCUT2D eigenvalue weighted by molar-refractivity contribution is 0.0691. The van der Waals surface area contributed by atoms with Crippen LogP contribution in [0.1, 0.15) is 67.8 Å². The SMILES string of the molecule is C=C(C)c1c(C(=O)O)nc2sc3c(n12)CC(C)(C)CC3(C)C. The van der Waals surface area contributed by atoms with E-state index in [2.05, 4.69) is 39.3 Å². The zero-order valence-corrected chi connectivity index (χ0v) is 14.6. The van der Waals surface area contributed by atoms with E-state index in [0.29, 0.717) is 5.69 Å². The van der Waals surface area contributed by atoms with E-state index < -0.39 is 5.97 Å². The van der Waals surface area contributed by atoms with Gasteiger partial charge in [-0.05, 0) is 30.8 Å². The van der Waals surface area contributed by atoms with Gasteiger partial charge in [-0.15, -0.1) is 11.3 Å². The van der Waals surface area contributed by atoms with Crippen molar-refractivity contribution in [3.05, 3.63) is 28.5 Å². The fourth-order valence-electron chi connectivity index (χ4n) is 3.99. The molecule has 0 saturated carbocycles. The molecule has 3 rings (SSSR count). The van der Waals surface area contributed by atoms with Crippen LogP contribution in [0.25, 0.3) is 10.5 Å². The van der Waals surface area contributed by atoms with Crippen molar-refractivity contribution in [3.63, 3.8) is 0 Å². The van der Waals surface area contributed by atoms with Gasteiger partial charge in [-0.2, -0.15) is 0 Å². The van der Waals surface area contributed by atoms with Crippen molar-refractivity contribution >= 4 is 27.8 Å². The third kappa shape index (κ3) is 2.10. The topological polar surface area (TPSA) is 54.6 Å². The molecular formula is C17H22N2O2S. The Bertz CT molecular complexity index is 808. The second kappa shape index (κ2) is 4.44. The van der Waals surface area contributed by atoms with E-state index in [0.717, 1.165) is 23.4 Å². The molecule has 0 saturated heterocycles. The minimum absolute atomic E-state index is 0.0815. The molecule has 2 heterocycles. The Hall–Kier alpha value is -1.62. The van der Waals surface area contributed by atoms with E-state index in [9.17, 15) is 9.90 Å². The average molecular weight is 318 g/mol. The summed E-state index contributed by atoms with van der Waals surface area (Å²) in [7, 11) is 0. The minimum Gasteiger partial charge on any atom is -0.476 e. The molecule has 0 unspecified atom stereocenters. The van der Waals surface area contributed by atoms with Gasteiger partial charge >= 0.3 is 5.97 Å². The Morgan fingerprint density at radius 2 is 2.00 bits per heavy atom. The van der Waals surface area contributed by atoms with Gasteiger partial charge in [0.2, 0.25) is 0 Å². The van der Waals surface area contributed by atoms with Gasteiger partial charge in [0.15, 0.2) is 10.7 Å². The molecular weight excluding hydrogens is 296 g/mol. The van der Waals surface area contributed by atoms with Gasteiger partial charge in [0.1, 0.15) is 0 Å². The Morgan fingerprint density at radius 1 is 1.36 bits per heavy atom. The zero-order chi connectivity index (χ0) is 16.4. The first kappa shape index (κ1) is 15.3. The maximum atomic E-state index is 11.5. The van der Waals surface area contributed by atoms with Crippen LogP contribution in [0.15, 0.2) is 6.58 Å². The molecule has 0 fully saturated rings. The number of carbonyl (C=O) groups is 1. The largest absolute Gasteiger partial charge is 0.476 e. The molecule has 0 bridgehead atoms. The van der Waals surface area contributed by atoms with Crippen molar-refractivity contribution in [2.24, 2.45) is 5.41 Å². The minimum atomic E-state index is -0.989. The quantitative estimate of drug-likeness (QED) is 0.894. The molecule has 0 amide bonds. The standard InChI is InChI=1S/C17H22N2O2S/c1-9(2)12-11(14(20)21)18-15-19(12)10-7-16(3,4)8-17(5,6)13(10)22-15/h1,7-8H2,2-6H3,(H,20,21). The highest BCUT2D eigenvalue weighted by molar-refractivity contribution is 7.17. The predicted octanol–water partition coefficient (Wildman–Crippen LogP) is 4.38. The lowest BCUT2D eigenvalue weighted by Gasteiger charge is -2.40. The fraction of sp³-hybridized carbons (Fsp3) is 0.529. The highest BCUT2D eigenvalue weighted by Gasteiger charge is 2.41. The zero-order valence-electron chi connectivity index (χ0n) is 13.8. The van der Waals surface area contributed by atoms with E-state index in [-0.39, 0.29) is 16.5 Å². The molecule has 0 aromatic carbocycles. The first-order valence-corrected chi connectivity index (χ1v) is 8.29. The Morgan fingerprint density at radius 3 is 2.55 bits per heavy atom. The van der Waals surface area contributed by atoms with Crippen LogP contribution in [0.2, 0.25) is 0 Å². The van der Waals surface area contributed by atoms with Gasteiger partial charge in [-0.3, -0.25) is 4.40 Å². The number of allylic oxidation sites excluding steroid dienone is 1. The third-order valence-electron chi connectivity index (χ3n) is 4.36. The summed E-state index contributed by atoms with van der Waals surface area (Å²) in [5.41, 5.74) is 2.98. The number of aromatic nitrogens is 2. The number of hydrogen-bond acceptors (Lipinski definition) is 3. The monoisotopic (exact) mass is 318 g/mol. The lowest BCUT2D eigenvalue weighted by atomic mass is 9.67. The highest BCUT2D eigenvalue weighted by Crippen LogP contribution is 2.49. The number of fused-ring (bicyclic) bond motifs is 3. The van der Waals surface area contributed by atoms with Crippen LogP contribution in [0.3, 0.4) is 0 Å². The molecule has 0 aliphatic heterocycles. The second-order valence-electron chi connectivity index (χ2n) is 7.79. The molecule has 2 aromatic heterocycles. The van der Waals surface area contributed by atoms with Gasteiger partial charge in [0, 0.05) is 16.0 Å². The summed E-state index contributed by atoms with van der Waals surface area (Å²) in [6.45, 7) is 14.9. The summed E-state index contributed by atoms with van der Waals surface area (Å²) in [4.78, 5) is 18.0. The van der Waals surface area contributed by atoms with E-state index >= 15 is 0 Å². The number of rotatable bonds is 2. The highest BCUT2D eigenvalue weighted by atomic mass is 32.1. The van der Waals surface area contributed by atoms with Crippen molar-refractivity contribution in [1.82, 2.24) is 9.38 Å². The number of imidazole rings is 1. The molecule has 4 nitrogen and oxygen atoms in total. The summed E-state index contributed by atoms with van der Waals surface area (Å²) in [6.07, 6.45) is 2.05. The molecule has 0 spiro atoms. The van der Waals surface area contributed by atoms with Crippen LogP contribution < -0.4 is 0 Å². The van der Waals surface area contributed by atoms with E-state index in [4.69, 9.17) is 0 Å². The van der Waals surface area contributed by atoms with Crippen molar-refractivity contribution in [2.75, 3.05) is 0 Å².